The molecule has 4 aliphatic carbocycles. The minimum absolute atomic E-state index is 0.187. The summed E-state index contributed by atoms with van der Waals surface area (Å²) in [6.07, 6.45) is 13.5. The van der Waals surface area contributed by atoms with E-state index >= 15 is 0 Å². The van der Waals surface area contributed by atoms with Gasteiger partial charge in [-0.05, 0) is 87.9 Å². The van der Waals surface area contributed by atoms with E-state index < -0.39 is 5.60 Å². The monoisotopic (exact) mass is 318 g/mol. The van der Waals surface area contributed by atoms with Crippen molar-refractivity contribution in [2.24, 2.45) is 29.1 Å². The van der Waals surface area contributed by atoms with Gasteiger partial charge in [0, 0.05) is 5.41 Å². The molecule has 2 nitrogen and oxygen atoms in total. The van der Waals surface area contributed by atoms with Gasteiger partial charge in [0.2, 0.25) is 0 Å². The minimum atomic E-state index is -0.406. The Morgan fingerprint density at radius 3 is 2.57 bits per heavy atom. The van der Waals surface area contributed by atoms with Crippen molar-refractivity contribution in [1.29, 1.82) is 0 Å². The molecule has 2 heteroatoms. The van der Waals surface area contributed by atoms with Gasteiger partial charge < -0.3 is 10.2 Å². The Bertz CT molecular complexity index is 498. The summed E-state index contributed by atoms with van der Waals surface area (Å²) in [5.74, 6) is 3.12. The van der Waals surface area contributed by atoms with Crippen LogP contribution in [0.15, 0.2) is 11.6 Å². The zero-order valence-electron chi connectivity index (χ0n) is 14.9. The molecular formula is C21H34O2. The second-order valence-corrected chi connectivity index (χ2v) is 8.94. The number of aliphatic hydroxyl groups is 2. The van der Waals surface area contributed by atoms with E-state index in [9.17, 15) is 10.2 Å². The van der Waals surface area contributed by atoms with Crippen LogP contribution < -0.4 is 0 Å². The lowest BCUT2D eigenvalue weighted by molar-refractivity contribution is -0.132. The third kappa shape index (κ3) is 2.13. The van der Waals surface area contributed by atoms with Gasteiger partial charge in [-0.15, -0.1) is 0 Å². The molecule has 0 heterocycles. The van der Waals surface area contributed by atoms with Gasteiger partial charge in [0.25, 0.3) is 0 Å². The van der Waals surface area contributed by atoms with Crippen molar-refractivity contribution in [3.63, 3.8) is 0 Å². The predicted molar refractivity (Wildman–Crippen MR) is 93.0 cm³/mol. The second kappa shape index (κ2) is 5.59. The Hall–Kier alpha value is -0.340. The van der Waals surface area contributed by atoms with E-state index in [-0.39, 0.29) is 11.5 Å². The summed E-state index contributed by atoms with van der Waals surface area (Å²) < 4.78 is 0. The van der Waals surface area contributed by atoms with Crippen LogP contribution >= 0.6 is 0 Å². The molecule has 0 amide bonds. The number of hydrogen-bond donors (Lipinski definition) is 2. The van der Waals surface area contributed by atoms with Crippen molar-refractivity contribution in [2.45, 2.75) is 89.8 Å². The van der Waals surface area contributed by atoms with E-state index in [0.717, 1.165) is 49.4 Å². The quantitative estimate of drug-likeness (QED) is 0.738. The molecule has 4 rings (SSSR count). The Morgan fingerprint density at radius 1 is 1.00 bits per heavy atom. The number of allylic oxidation sites excluding steroid dienone is 1. The largest absolute Gasteiger partial charge is 0.389 e. The van der Waals surface area contributed by atoms with E-state index in [2.05, 4.69) is 19.9 Å². The average molecular weight is 319 g/mol. The fraction of sp³-hybridized carbons (Fsp3) is 0.905. The topological polar surface area (TPSA) is 40.5 Å². The molecule has 0 saturated heterocycles. The second-order valence-electron chi connectivity index (χ2n) is 8.94. The highest BCUT2D eigenvalue weighted by Crippen LogP contribution is 2.66. The maximum atomic E-state index is 11.4. The normalized spacial score (nSPS) is 52.3. The third-order valence-electron chi connectivity index (χ3n) is 8.65. The number of rotatable bonds is 2. The molecule has 0 radical (unpaired) electrons. The van der Waals surface area contributed by atoms with Crippen molar-refractivity contribution >= 4 is 0 Å². The summed E-state index contributed by atoms with van der Waals surface area (Å²) in [7, 11) is 0. The van der Waals surface area contributed by atoms with E-state index in [1.165, 1.54) is 38.5 Å². The molecular weight excluding hydrogens is 284 g/mol. The molecule has 0 aromatic heterocycles. The summed E-state index contributed by atoms with van der Waals surface area (Å²) in [6.45, 7) is 4.51. The summed E-state index contributed by atoms with van der Waals surface area (Å²) in [5, 5.41) is 21.3. The number of fused-ring (bicyclic) bond motifs is 5. The van der Waals surface area contributed by atoms with Crippen molar-refractivity contribution in [3.05, 3.63) is 11.6 Å². The molecule has 2 N–H and O–H groups in total. The molecule has 3 saturated carbocycles. The number of aliphatic hydroxyl groups excluding tert-OH is 1. The first-order valence-electron chi connectivity index (χ1n) is 10.2. The van der Waals surface area contributed by atoms with Crippen LogP contribution in [0.4, 0.5) is 0 Å². The first-order valence-corrected chi connectivity index (χ1v) is 10.2. The van der Waals surface area contributed by atoms with Crippen LogP contribution in [-0.2, 0) is 0 Å². The molecule has 4 aliphatic rings. The summed E-state index contributed by atoms with van der Waals surface area (Å²) in [4.78, 5) is 0. The zero-order chi connectivity index (χ0) is 16.2. The highest BCUT2D eigenvalue weighted by atomic mass is 16.3. The van der Waals surface area contributed by atoms with E-state index in [1.807, 2.05) is 0 Å². The van der Waals surface area contributed by atoms with E-state index in [4.69, 9.17) is 0 Å². The molecule has 3 fully saturated rings. The Labute approximate surface area is 141 Å². The van der Waals surface area contributed by atoms with Crippen LogP contribution in [-0.4, -0.2) is 21.9 Å². The molecule has 0 aromatic rings. The van der Waals surface area contributed by atoms with E-state index in [1.54, 1.807) is 5.57 Å². The molecule has 0 spiro atoms. The molecule has 0 bridgehead atoms. The van der Waals surface area contributed by atoms with Gasteiger partial charge in [-0.2, -0.15) is 0 Å². The van der Waals surface area contributed by atoms with Gasteiger partial charge in [0.1, 0.15) is 0 Å². The fourth-order valence-electron chi connectivity index (χ4n) is 7.54. The fourth-order valence-corrected chi connectivity index (χ4v) is 7.54. The van der Waals surface area contributed by atoms with Gasteiger partial charge in [-0.1, -0.05) is 25.5 Å². The maximum Gasteiger partial charge on any atom is 0.0723 e. The van der Waals surface area contributed by atoms with Crippen molar-refractivity contribution in [1.82, 2.24) is 0 Å². The predicted octanol–water partition coefficient (Wildman–Crippen LogP) is 4.45. The van der Waals surface area contributed by atoms with Gasteiger partial charge in [-0.3, -0.25) is 0 Å². The summed E-state index contributed by atoms with van der Waals surface area (Å²) in [6, 6.07) is 0. The number of hydrogen-bond acceptors (Lipinski definition) is 2. The lowest BCUT2D eigenvalue weighted by atomic mass is 9.49. The van der Waals surface area contributed by atoms with Crippen molar-refractivity contribution < 1.29 is 10.2 Å². The molecule has 130 valence electrons. The SMILES string of the molecule is CCC12CC[C@H]3[C@@H](CCC4=CC(O)CC[C@@H]43)[C@@H]1CC[C@@]2(O)CC. The lowest BCUT2D eigenvalue weighted by Gasteiger charge is -2.57. The van der Waals surface area contributed by atoms with Gasteiger partial charge in [-0.25, -0.2) is 0 Å². The first-order chi connectivity index (χ1) is 11.0. The van der Waals surface area contributed by atoms with Gasteiger partial charge >= 0.3 is 0 Å². The smallest absolute Gasteiger partial charge is 0.0723 e. The standard InChI is InChI=1S/C21H34O2/c1-3-20-11-9-17-16-8-6-15(22)13-14(16)5-7-18(17)19(20)10-12-21(20,23)4-2/h13,15-19,22-23H,3-12H2,1-2H3/t15?,16-,17+,18+,19-,20?,21-/m0/s1. The molecule has 23 heavy (non-hydrogen) atoms. The van der Waals surface area contributed by atoms with Crippen LogP contribution in [0.5, 0.6) is 0 Å². The lowest BCUT2D eigenvalue weighted by Crippen LogP contribution is -2.53. The highest BCUT2D eigenvalue weighted by Gasteiger charge is 2.62. The highest BCUT2D eigenvalue weighted by molar-refractivity contribution is 5.21. The third-order valence-corrected chi connectivity index (χ3v) is 8.65. The molecule has 0 aromatic carbocycles. The Morgan fingerprint density at radius 2 is 1.83 bits per heavy atom. The van der Waals surface area contributed by atoms with Crippen molar-refractivity contribution in [2.75, 3.05) is 0 Å². The zero-order valence-corrected chi connectivity index (χ0v) is 14.9. The van der Waals surface area contributed by atoms with E-state index in [0.29, 0.717) is 0 Å². The maximum absolute atomic E-state index is 11.4. The minimum Gasteiger partial charge on any atom is -0.389 e. The first kappa shape index (κ1) is 16.1. The Balaban J connectivity index is 1.64. The average Bonchev–Trinajstić information content (AvgIpc) is 2.88. The van der Waals surface area contributed by atoms with Crippen LogP contribution in [0, 0.1) is 29.1 Å². The summed E-state index contributed by atoms with van der Waals surface area (Å²) in [5.41, 5.74) is 1.35. The van der Waals surface area contributed by atoms with Crippen LogP contribution in [0.3, 0.4) is 0 Å². The molecule has 2 unspecified atom stereocenters. The molecule has 7 atom stereocenters. The Kier molecular flexibility index (Phi) is 3.93. The van der Waals surface area contributed by atoms with Crippen LogP contribution in [0.2, 0.25) is 0 Å². The molecule has 0 aliphatic heterocycles. The summed E-state index contributed by atoms with van der Waals surface area (Å²) >= 11 is 0. The van der Waals surface area contributed by atoms with Crippen molar-refractivity contribution in [3.8, 4) is 0 Å². The van der Waals surface area contributed by atoms with Crippen LogP contribution in [0.25, 0.3) is 0 Å². The van der Waals surface area contributed by atoms with Gasteiger partial charge in [0.05, 0.1) is 11.7 Å². The van der Waals surface area contributed by atoms with Gasteiger partial charge in [0.15, 0.2) is 0 Å². The van der Waals surface area contributed by atoms with Crippen LogP contribution in [0.1, 0.15) is 78.1 Å².